The molecule has 0 atom stereocenters. The van der Waals surface area contributed by atoms with Crippen LogP contribution in [0.25, 0.3) is 0 Å². The molecular weight excluding hydrogens is 220 g/mol. The fourth-order valence-corrected chi connectivity index (χ4v) is 2.95. The Bertz CT molecular complexity index is 262. The fraction of sp³-hybridized carbons (Fsp3) is 0.917. The van der Waals surface area contributed by atoms with Gasteiger partial charge in [0.2, 0.25) is 0 Å². The standard InChI is InChI=1S/C12H22N2OS/c13-11(16)8-12(4-5-12)9-14(6-7-15)10-2-1-3-10/h10,15H,1-9H2,(H2,13,16). The van der Waals surface area contributed by atoms with Gasteiger partial charge >= 0.3 is 0 Å². The second kappa shape index (κ2) is 4.98. The number of aliphatic hydroxyl groups is 1. The maximum absolute atomic E-state index is 9.11. The number of rotatable bonds is 7. The lowest BCUT2D eigenvalue weighted by molar-refractivity contribution is 0.0813. The Kier molecular flexibility index (Phi) is 3.82. The molecule has 0 aromatic heterocycles. The second-order valence-electron chi connectivity index (χ2n) is 5.42. The molecule has 0 amide bonds. The smallest absolute Gasteiger partial charge is 0.0733 e. The summed E-state index contributed by atoms with van der Waals surface area (Å²) in [6.45, 7) is 2.15. The van der Waals surface area contributed by atoms with E-state index in [2.05, 4.69) is 4.90 Å². The lowest BCUT2D eigenvalue weighted by Crippen LogP contribution is -2.45. The number of hydrogen-bond donors (Lipinski definition) is 2. The lowest BCUT2D eigenvalue weighted by Gasteiger charge is -2.39. The maximum Gasteiger partial charge on any atom is 0.0733 e. The third-order valence-corrected chi connectivity index (χ3v) is 4.17. The number of nitrogens with two attached hydrogens (primary N) is 1. The third kappa shape index (κ3) is 2.93. The molecule has 0 saturated heterocycles. The van der Waals surface area contributed by atoms with Crippen LogP contribution >= 0.6 is 12.2 Å². The van der Waals surface area contributed by atoms with Gasteiger partial charge in [0.15, 0.2) is 0 Å². The van der Waals surface area contributed by atoms with Crippen molar-refractivity contribution >= 4 is 17.2 Å². The van der Waals surface area contributed by atoms with Gasteiger partial charge in [0.1, 0.15) is 0 Å². The van der Waals surface area contributed by atoms with Crippen LogP contribution in [0.5, 0.6) is 0 Å². The summed E-state index contributed by atoms with van der Waals surface area (Å²) >= 11 is 5.02. The zero-order chi connectivity index (χ0) is 11.6. The highest BCUT2D eigenvalue weighted by Gasteiger charge is 2.45. The van der Waals surface area contributed by atoms with Gasteiger partial charge in [-0.05, 0) is 31.1 Å². The summed E-state index contributed by atoms with van der Waals surface area (Å²) in [5.74, 6) is 0. The van der Waals surface area contributed by atoms with E-state index in [1.165, 1.54) is 32.1 Å². The minimum atomic E-state index is 0.264. The van der Waals surface area contributed by atoms with Gasteiger partial charge in [0.25, 0.3) is 0 Å². The molecule has 16 heavy (non-hydrogen) atoms. The lowest BCUT2D eigenvalue weighted by atomic mass is 9.89. The summed E-state index contributed by atoms with van der Waals surface area (Å²) in [6, 6.07) is 0.705. The Morgan fingerprint density at radius 3 is 2.50 bits per heavy atom. The summed E-state index contributed by atoms with van der Waals surface area (Å²) in [5, 5.41) is 9.11. The van der Waals surface area contributed by atoms with Crippen LogP contribution in [0.2, 0.25) is 0 Å². The van der Waals surface area contributed by atoms with Crippen LogP contribution in [0, 0.1) is 5.41 Å². The highest BCUT2D eigenvalue weighted by atomic mass is 32.1. The first kappa shape index (κ1) is 12.3. The van der Waals surface area contributed by atoms with Crippen molar-refractivity contribution in [3.63, 3.8) is 0 Å². The number of hydrogen-bond acceptors (Lipinski definition) is 3. The molecule has 0 aliphatic heterocycles. The van der Waals surface area contributed by atoms with Gasteiger partial charge in [-0.3, -0.25) is 4.90 Å². The van der Waals surface area contributed by atoms with Crippen molar-refractivity contribution in [2.24, 2.45) is 11.1 Å². The first-order valence-corrected chi connectivity index (χ1v) is 6.69. The second-order valence-corrected chi connectivity index (χ2v) is 5.95. The third-order valence-electron chi connectivity index (χ3n) is 4.02. The molecule has 2 aliphatic rings. The van der Waals surface area contributed by atoms with E-state index in [4.69, 9.17) is 23.1 Å². The summed E-state index contributed by atoms with van der Waals surface area (Å²) in [5.41, 5.74) is 6.01. The predicted molar refractivity (Wildman–Crippen MR) is 69.4 cm³/mol. The van der Waals surface area contributed by atoms with Gasteiger partial charge in [-0.1, -0.05) is 18.6 Å². The van der Waals surface area contributed by atoms with Crippen LogP contribution in [0.15, 0.2) is 0 Å². The molecule has 0 unspecified atom stereocenters. The summed E-state index contributed by atoms with van der Waals surface area (Å²) in [4.78, 5) is 3.10. The minimum Gasteiger partial charge on any atom is -0.395 e. The maximum atomic E-state index is 9.11. The van der Waals surface area contributed by atoms with Crippen molar-refractivity contribution in [2.45, 2.75) is 44.6 Å². The molecule has 2 fully saturated rings. The molecule has 2 saturated carbocycles. The first-order chi connectivity index (χ1) is 7.65. The van der Waals surface area contributed by atoms with Gasteiger partial charge in [-0.25, -0.2) is 0 Å². The fourth-order valence-electron chi connectivity index (χ4n) is 2.64. The molecule has 0 aromatic rings. The normalized spacial score (nSPS) is 23.1. The summed E-state index contributed by atoms with van der Waals surface area (Å²) in [7, 11) is 0. The Balaban J connectivity index is 1.86. The first-order valence-electron chi connectivity index (χ1n) is 6.28. The van der Waals surface area contributed by atoms with Crippen molar-refractivity contribution in [1.29, 1.82) is 0 Å². The zero-order valence-corrected chi connectivity index (χ0v) is 10.6. The minimum absolute atomic E-state index is 0.264. The van der Waals surface area contributed by atoms with E-state index >= 15 is 0 Å². The van der Waals surface area contributed by atoms with Crippen LogP contribution in [0.4, 0.5) is 0 Å². The molecule has 3 nitrogen and oxygen atoms in total. The molecule has 0 radical (unpaired) electrons. The van der Waals surface area contributed by atoms with Crippen LogP contribution in [0.1, 0.15) is 38.5 Å². The van der Waals surface area contributed by atoms with Crippen molar-refractivity contribution in [1.82, 2.24) is 4.90 Å². The van der Waals surface area contributed by atoms with Gasteiger partial charge < -0.3 is 10.8 Å². The summed E-state index contributed by atoms with van der Waals surface area (Å²) < 4.78 is 0. The van der Waals surface area contributed by atoms with Crippen LogP contribution in [-0.4, -0.2) is 40.7 Å². The van der Waals surface area contributed by atoms with Gasteiger partial charge in [0.05, 0.1) is 11.6 Å². The molecule has 92 valence electrons. The van der Waals surface area contributed by atoms with Crippen molar-refractivity contribution < 1.29 is 5.11 Å². The van der Waals surface area contributed by atoms with Crippen molar-refractivity contribution in [3.8, 4) is 0 Å². The molecule has 4 heteroatoms. The molecule has 0 aromatic carbocycles. The number of thiocarbonyl (C=S) groups is 1. The number of nitrogens with zero attached hydrogens (tertiary/aromatic N) is 1. The highest BCUT2D eigenvalue weighted by Crippen LogP contribution is 2.50. The highest BCUT2D eigenvalue weighted by molar-refractivity contribution is 7.80. The quantitative estimate of drug-likeness (QED) is 0.661. The van der Waals surface area contributed by atoms with E-state index < -0.39 is 0 Å². The van der Waals surface area contributed by atoms with Crippen LogP contribution in [0.3, 0.4) is 0 Å². The molecule has 0 spiro atoms. The zero-order valence-electron chi connectivity index (χ0n) is 9.82. The molecule has 2 aliphatic carbocycles. The van der Waals surface area contributed by atoms with Crippen LogP contribution in [-0.2, 0) is 0 Å². The van der Waals surface area contributed by atoms with E-state index in [1.807, 2.05) is 0 Å². The number of aliphatic hydroxyl groups excluding tert-OH is 1. The average molecular weight is 242 g/mol. The summed E-state index contributed by atoms with van der Waals surface area (Å²) in [6.07, 6.45) is 7.32. The topological polar surface area (TPSA) is 49.5 Å². The Labute approximate surface area is 103 Å². The molecule has 0 bridgehead atoms. The van der Waals surface area contributed by atoms with Gasteiger partial charge in [0, 0.05) is 25.6 Å². The van der Waals surface area contributed by atoms with E-state index in [0.29, 0.717) is 16.4 Å². The molecule has 3 N–H and O–H groups in total. The van der Waals surface area contributed by atoms with Crippen molar-refractivity contribution in [3.05, 3.63) is 0 Å². The monoisotopic (exact) mass is 242 g/mol. The average Bonchev–Trinajstić information content (AvgIpc) is 2.80. The SMILES string of the molecule is NC(=S)CC1(CN(CCO)C2CCC2)CC1. The van der Waals surface area contributed by atoms with E-state index in [-0.39, 0.29) is 6.61 Å². The van der Waals surface area contributed by atoms with E-state index in [9.17, 15) is 0 Å². The van der Waals surface area contributed by atoms with E-state index in [1.54, 1.807) is 0 Å². The van der Waals surface area contributed by atoms with Crippen molar-refractivity contribution in [2.75, 3.05) is 19.7 Å². The van der Waals surface area contributed by atoms with E-state index in [0.717, 1.165) is 19.5 Å². The molecule has 2 rings (SSSR count). The van der Waals surface area contributed by atoms with Gasteiger partial charge in [-0.2, -0.15) is 0 Å². The Hall–Kier alpha value is -0.190. The predicted octanol–water partition coefficient (Wildman–Crippen LogP) is 1.29. The Morgan fingerprint density at radius 1 is 1.44 bits per heavy atom. The Morgan fingerprint density at radius 2 is 2.12 bits per heavy atom. The van der Waals surface area contributed by atoms with Crippen LogP contribution < -0.4 is 5.73 Å². The largest absolute Gasteiger partial charge is 0.395 e. The molecular formula is C12H22N2OS. The van der Waals surface area contributed by atoms with Gasteiger partial charge in [-0.15, -0.1) is 0 Å². The molecule has 0 heterocycles.